The molecule has 1 aliphatic rings. The van der Waals surface area contributed by atoms with Gasteiger partial charge in [-0.2, -0.15) is 0 Å². The number of unbranched alkanes of at least 4 members (excludes halogenated alkanes) is 1. The van der Waals surface area contributed by atoms with E-state index >= 15 is 0 Å². The van der Waals surface area contributed by atoms with Gasteiger partial charge in [-0.1, -0.05) is 12.1 Å². The van der Waals surface area contributed by atoms with E-state index in [1.807, 2.05) is 24.3 Å². The summed E-state index contributed by atoms with van der Waals surface area (Å²) in [6.45, 7) is 8.76. The number of hydrogen-bond donors (Lipinski definition) is 2. The number of likely N-dealkylation sites (N-methyl/N-ethyl adjacent to an activating group) is 1. The maximum atomic E-state index is 11.3. The molecule has 0 radical (unpaired) electrons. The van der Waals surface area contributed by atoms with Crippen molar-refractivity contribution in [2.24, 2.45) is 0 Å². The predicted octanol–water partition coefficient (Wildman–Crippen LogP) is -0.539. The minimum absolute atomic E-state index is 0.0845. The molecule has 1 aliphatic heterocycles. The average Bonchev–Trinajstić information content (AvgIpc) is 2.49. The molecule has 1 heterocycles. The average molecular weight is 292 g/mol. The molecule has 116 valence electrons. The third kappa shape index (κ3) is 5.48. The number of rotatable bonds is 7. The number of carbonyl (C=O) groups excluding carboxylic acids is 1. The number of carbonyl (C=O) groups is 1. The van der Waals surface area contributed by atoms with Gasteiger partial charge in [0.1, 0.15) is 31.9 Å². The van der Waals surface area contributed by atoms with E-state index in [4.69, 9.17) is 4.74 Å². The Morgan fingerprint density at radius 2 is 1.95 bits per heavy atom. The van der Waals surface area contributed by atoms with Crippen LogP contribution in [0.5, 0.6) is 5.75 Å². The van der Waals surface area contributed by atoms with Gasteiger partial charge >= 0.3 is 0 Å². The van der Waals surface area contributed by atoms with Crippen molar-refractivity contribution in [1.82, 2.24) is 0 Å². The van der Waals surface area contributed by atoms with Gasteiger partial charge < -0.3 is 14.5 Å². The molecule has 21 heavy (non-hydrogen) atoms. The summed E-state index contributed by atoms with van der Waals surface area (Å²) in [5.41, 5.74) is 0.719. The van der Waals surface area contributed by atoms with Gasteiger partial charge in [0, 0.05) is 5.56 Å². The van der Waals surface area contributed by atoms with Crippen molar-refractivity contribution in [3.05, 3.63) is 29.8 Å². The smallest absolute Gasteiger partial charge is 0.159 e. The topological polar surface area (TPSA) is 35.2 Å². The molecule has 0 amide bonds. The number of hydrogen-bond acceptors (Lipinski definition) is 2. The summed E-state index contributed by atoms with van der Waals surface area (Å²) < 4.78 is 5.74. The number of Topliss-reactive ketones (excluding diaryl/α,β-unsaturated/α-hetero) is 1. The number of piperazine rings is 1. The Kier molecular flexibility index (Phi) is 6.21. The van der Waals surface area contributed by atoms with Gasteiger partial charge in [-0.3, -0.25) is 4.79 Å². The molecule has 1 aromatic carbocycles. The lowest BCUT2D eigenvalue weighted by molar-refractivity contribution is -1.00. The van der Waals surface area contributed by atoms with Gasteiger partial charge in [-0.15, -0.1) is 0 Å². The number of nitrogens with one attached hydrogen (secondary N) is 2. The van der Waals surface area contributed by atoms with E-state index < -0.39 is 0 Å². The summed E-state index contributed by atoms with van der Waals surface area (Å²) >= 11 is 0. The Balaban J connectivity index is 1.61. The molecular weight excluding hydrogens is 264 g/mol. The molecule has 4 heteroatoms. The van der Waals surface area contributed by atoms with Crippen LogP contribution in [0.4, 0.5) is 0 Å². The predicted molar refractivity (Wildman–Crippen MR) is 83.4 cm³/mol. The van der Waals surface area contributed by atoms with Crippen LogP contribution < -0.4 is 14.5 Å². The van der Waals surface area contributed by atoms with E-state index in [0.717, 1.165) is 24.3 Å². The minimum atomic E-state index is 0.0845. The Morgan fingerprint density at radius 3 is 2.67 bits per heavy atom. The second-order valence-corrected chi connectivity index (χ2v) is 6.10. The van der Waals surface area contributed by atoms with Crippen molar-refractivity contribution in [3.63, 3.8) is 0 Å². The van der Waals surface area contributed by atoms with E-state index in [1.54, 1.807) is 16.7 Å². The van der Waals surface area contributed by atoms with Crippen molar-refractivity contribution >= 4 is 5.78 Å². The lowest BCUT2D eigenvalue weighted by Crippen LogP contribution is -3.27. The molecular formula is C17H28N2O2+2. The molecule has 1 saturated heterocycles. The quantitative estimate of drug-likeness (QED) is 0.523. The molecule has 0 unspecified atom stereocenters. The highest BCUT2D eigenvalue weighted by Gasteiger charge is 2.18. The lowest BCUT2D eigenvalue weighted by atomic mass is 10.1. The highest BCUT2D eigenvalue weighted by Crippen LogP contribution is 2.14. The van der Waals surface area contributed by atoms with Crippen LogP contribution in [0.2, 0.25) is 0 Å². The Labute approximate surface area is 127 Å². The van der Waals surface area contributed by atoms with Crippen molar-refractivity contribution in [2.45, 2.75) is 19.8 Å². The van der Waals surface area contributed by atoms with Crippen molar-refractivity contribution in [2.75, 3.05) is 46.4 Å². The fourth-order valence-corrected chi connectivity index (χ4v) is 2.75. The third-order valence-corrected chi connectivity index (χ3v) is 4.24. The second-order valence-electron chi connectivity index (χ2n) is 6.10. The van der Waals surface area contributed by atoms with Gasteiger partial charge in [0.15, 0.2) is 5.78 Å². The molecule has 2 rings (SSSR count). The van der Waals surface area contributed by atoms with E-state index in [9.17, 15) is 4.79 Å². The summed E-state index contributed by atoms with van der Waals surface area (Å²) in [6.07, 6.45) is 2.29. The zero-order valence-corrected chi connectivity index (χ0v) is 13.3. The zero-order valence-electron chi connectivity index (χ0n) is 13.3. The van der Waals surface area contributed by atoms with Crippen LogP contribution in [-0.4, -0.2) is 52.2 Å². The molecule has 0 bridgehead atoms. The molecule has 1 fully saturated rings. The molecule has 0 aromatic heterocycles. The fourth-order valence-electron chi connectivity index (χ4n) is 2.75. The lowest BCUT2D eigenvalue weighted by Gasteiger charge is -2.27. The molecule has 0 saturated carbocycles. The van der Waals surface area contributed by atoms with Gasteiger partial charge in [0.2, 0.25) is 0 Å². The normalized spacial score (nSPS) is 22.0. The standard InChI is InChI=1S/C17H26N2O2/c1-15(20)16-6-5-7-17(14-16)21-13-4-3-8-19-11-9-18(2)10-12-19/h5-7,14H,3-4,8-13H2,1-2H3/p+2. The first-order valence-corrected chi connectivity index (χ1v) is 8.04. The number of quaternary nitrogens is 2. The van der Waals surface area contributed by atoms with Gasteiger partial charge in [-0.05, 0) is 31.9 Å². The van der Waals surface area contributed by atoms with Crippen LogP contribution >= 0.6 is 0 Å². The largest absolute Gasteiger partial charge is 0.494 e. The van der Waals surface area contributed by atoms with Crippen LogP contribution in [0.15, 0.2) is 24.3 Å². The molecule has 0 spiro atoms. The Morgan fingerprint density at radius 1 is 1.19 bits per heavy atom. The first-order valence-electron chi connectivity index (χ1n) is 8.04. The van der Waals surface area contributed by atoms with Crippen molar-refractivity contribution in [3.8, 4) is 5.75 Å². The maximum Gasteiger partial charge on any atom is 0.159 e. The summed E-state index contributed by atoms with van der Waals surface area (Å²) in [4.78, 5) is 14.7. The summed E-state index contributed by atoms with van der Waals surface area (Å²) in [5, 5.41) is 0. The second kappa shape index (κ2) is 8.15. The number of benzene rings is 1. The van der Waals surface area contributed by atoms with Gasteiger partial charge in [0.25, 0.3) is 0 Å². The van der Waals surface area contributed by atoms with Crippen molar-refractivity contribution in [1.29, 1.82) is 0 Å². The van der Waals surface area contributed by atoms with E-state index in [2.05, 4.69) is 7.05 Å². The van der Waals surface area contributed by atoms with Gasteiger partial charge in [0.05, 0.1) is 20.2 Å². The number of ether oxygens (including phenoxy) is 1. The molecule has 2 N–H and O–H groups in total. The summed E-state index contributed by atoms with van der Waals surface area (Å²) in [6, 6.07) is 7.45. The van der Waals surface area contributed by atoms with Gasteiger partial charge in [-0.25, -0.2) is 0 Å². The van der Waals surface area contributed by atoms with Crippen LogP contribution in [-0.2, 0) is 0 Å². The summed E-state index contributed by atoms with van der Waals surface area (Å²) in [5.74, 6) is 0.888. The van der Waals surface area contributed by atoms with E-state index in [-0.39, 0.29) is 5.78 Å². The number of ketones is 1. The minimum Gasteiger partial charge on any atom is -0.494 e. The fraction of sp³-hybridized carbons (Fsp3) is 0.588. The van der Waals surface area contributed by atoms with Crippen LogP contribution in [0, 0.1) is 0 Å². The highest BCUT2D eigenvalue weighted by atomic mass is 16.5. The zero-order chi connectivity index (χ0) is 15.1. The maximum absolute atomic E-state index is 11.3. The highest BCUT2D eigenvalue weighted by molar-refractivity contribution is 5.94. The van der Waals surface area contributed by atoms with E-state index in [1.165, 1.54) is 39.1 Å². The monoisotopic (exact) mass is 292 g/mol. The first-order chi connectivity index (χ1) is 10.1. The first kappa shape index (κ1) is 16.0. The van der Waals surface area contributed by atoms with E-state index in [0.29, 0.717) is 0 Å². The van der Waals surface area contributed by atoms with Crippen LogP contribution in [0.3, 0.4) is 0 Å². The SMILES string of the molecule is CC(=O)c1cccc(OCCCC[NH+]2CC[NH+](C)CC2)c1. The Hall–Kier alpha value is -1.39. The molecule has 0 aliphatic carbocycles. The molecule has 0 atom stereocenters. The molecule has 4 nitrogen and oxygen atoms in total. The molecule has 1 aromatic rings. The third-order valence-electron chi connectivity index (χ3n) is 4.24. The van der Waals surface area contributed by atoms with Crippen molar-refractivity contribution < 1.29 is 19.3 Å². The van der Waals surface area contributed by atoms with Crippen LogP contribution in [0.1, 0.15) is 30.1 Å². The Bertz CT molecular complexity index is 454. The summed E-state index contributed by atoms with van der Waals surface area (Å²) in [7, 11) is 2.28. The van der Waals surface area contributed by atoms with Crippen LogP contribution in [0.25, 0.3) is 0 Å².